The summed E-state index contributed by atoms with van der Waals surface area (Å²) < 4.78 is 6.29. The lowest BCUT2D eigenvalue weighted by Gasteiger charge is -2.07. The van der Waals surface area contributed by atoms with Gasteiger partial charge in [-0.05, 0) is 37.6 Å². The number of hydrogen-bond acceptors (Lipinski definition) is 6. The van der Waals surface area contributed by atoms with Crippen LogP contribution in [0.2, 0.25) is 0 Å². The van der Waals surface area contributed by atoms with Crippen LogP contribution in [0.15, 0.2) is 36.7 Å². The van der Waals surface area contributed by atoms with Crippen molar-refractivity contribution in [1.29, 1.82) is 0 Å². The van der Waals surface area contributed by atoms with Crippen LogP contribution in [0.1, 0.15) is 11.3 Å². The summed E-state index contributed by atoms with van der Waals surface area (Å²) in [5.74, 6) is 1.59. The Hall–Kier alpha value is -2.73. The van der Waals surface area contributed by atoms with E-state index in [1.165, 1.54) is 5.56 Å². The molecule has 0 unspecified atom stereocenters. The molecule has 3 heterocycles. The summed E-state index contributed by atoms with van der Waals surface area (Å²) in [4.78, 5) is 14.6. The van der Waals surface area contributed by atoms with Crippen LogP contribution >= 0.6 is 11.3 Å². The molecule has 0 bridgehead atoms. The lowest BCUT2D eigenvalue weighted by atomic mass is 10.1. The Morgan fingerprint density at radius 3 is 2.83 bits per heavy atom. The normalized spacial score (nSPS) is 11.1. The molecular weight excluding hydrogens is 320 g/mol. The second kappa shape index (κ2) is 5.72. The summed E-state index contributed by atoms with van der Waals surface area (Å²) in [6.45, 7) is 4.11. The molecule has 1 N–H and O–H groups in total. The van der Waals surface area contributed by atoms with Crippen LogP contribution in [-0.4, -0.2) is 22.1 Å². The van der Waals surface area contributed by atoms with Gasteiger partial charge in [0.25, 0.3) is 0 Å². The number of fused-ring (bicyclic) bond motifs is 3. The largest absolute Gasteiger partial charge is 0.497 e. The zero-order valence-corrected chi connectivity index (χ0v) is 14.4. The fourth-order valence-electron chi connectivity index (χ4n) is 2.84. The maximum atomic E-state index is 5.28. The highest BCUT2D eigenvalue weighted by Crippen LogP contribution is 2.37. The first kappa shape index (κ1) is 14.8. The van der Waals surface area contributed by atoms with Crippen molar-refractivity contribution in [3.8, 4) is 5.75 Å². The van der Waals surface area contributed by atoms with Gasteiger partial charge in [0.15, 0.2) is 5.82 Å². The molecule has 1 aromatic carbocycles. The van der Waals surface area contributed by atoms with Gasteiger partial charge in [0.05, 0.1) is 17.3 Å². The average Bonchev–Trinajstić information content (AvgIpc) is 2.94. The Morgan fingerprint density at radius 2 is 2.00 bits per heavy atom. The van der Waals surface area contributed by atoms with Gasteiger partial charge in [-0.2, -0.15) is 0 Å². The van der Waals surface area contributed by atoms with Crippen LogP contribution in [-0.2, 0) is 0 Å². The summed E-state index contributed by atoms with van der Waals surface area (Å²) in [5.41, 5.74) is 4.07. The molecule has 4 aromatic rings. The highest BCUT2D eigenvalue weighted by atomic mass is 32.1. The fraction of sp³-hybridized carbons (Fsp3) is 0.167. The lowest BCUT2D eigenvalue weighted by Crippen LogP contribution is -1.95. The number of benzene rings is 1. The van der Waals surface area contributed by atoms with E-state index in [1.807, 2.05) is 31.2 Å². The molecule has 3 aromatic heterocycles. The van der Waals surface area contributed by atoms with Gasteiger partial charge in [-0.25, -0.2) is 15.0 Å². The first-order chi connectivity index (χ1) is 11.7. The van der Waals surface area contributed by atoms with Gasteiger partial charge in [-0.15, -0.1) is 11.3 Å². The third-order valence-electron chi connectivity index (χ3n) is 3.88. The summed E-state index contributed by atoms with van der Waals surface area (Å²) >= 11 is 1.62. The number of nitrogens with one attached hydrogen (secondary N) is 1. The van der Waals surface area contributed by atoms with Gasteiger partial charge < -0.3 is 10.1 Å². The third kappa shape index (κ3) is 2.45. The van der Waals surface area contributed by atoms with Crippen LogP contribution in [0, 0.1) is 13.8 Å². The van der Waals surface area contributed by atoms with E-state index >= 15 is 0 Å². The van der Waals surface area contributed by atoms with E-state index in [0.717, 1.165) is 43.4 Å². The predicted octanol–water partition coefficient (Wildman–Crippen LogP) is 4.61. The van der Waals surface area contributed by atoms with E-state index < -0.39 is 0 Å². The molecule has 0 saturated carbocycles. The molecular formula is C18H16N4OS. The lowest BCUT2D eigenvalue weighted by molar-refractivity contribution is 0.415. The van der Waals surface area contributed by atoms with Crippen molar-refractivity contribution >= 4 is 43.3 Å². The van der Waals surface area contributed by atoms with Gasteiger partial charge in [0.1, 0.15) is 16.9 Å². The van der Waals surface area contributed by atoms with Crippen molar-refractivity contribution in [3.63, 3.8) is 0 Å². The first-order valence-corrected chi connectivity index (χ1v) is 8.40. The molecule has 0 aliphatic heterocycles. The molecule has 0 atom stereocenters. The summed E-state index contributed by atoms with van der Waals surface area (Å²) in [6, 6.07) is 9.87. The average molecular weight is 336 g/mol. The summed E-state index contributed by atoms with van der Waals surface area (Å²) in [6.07, 6.45) is 1.59. The molecule has 0 aliphatic rings. The van der Waals surface area contributed by atoms with E-state index in [0.29, 0.717) is 0 Å². The second-order valence-corrected chi connectivity index (χ2v) is 6.62. The molecule has 0 spiro atoms. The number of aryl methyl sites for hydroxylation is 2. The molecule has 4 rings (SSSR count). The third-order valence-corrected chi connectivity index (χ3v) is 4.96. The maximum Gasteiger partial charge on any atom is 0.151 e. The van der Waals surface area contributed by atoms with E-state index in [1.54, 1.807) is 24.8 Å². The molecule has 0 fully saturated rings. The number of pyridine rings is 1. The minimum absolute atomic E-state index is 0.785. The molecule has 0 saturated heterocycles. The van der Waals surface area contributed by atoms with Crippen LogP contribution in [0.4, 0.5) is 11.5 Å². The van der Waals surface area contributed by atoms with Gasteiger partial charge >= 0.3 is 0 Å². The number of rotatable bonds is 3. The zero-order valence-electron chi connectivity index (χ0n) is 13.6. The zero-order chi connectivity index (χ0) is 16.7. The Kier molecular flexibility index (Phi) is 3.54. The van der Waals surface area contributed by atoms with Crippen molar-refractivity contribution in [2.45, 2.75) is 13.8 Å². The quantitative estimate of drug-likeness (QED) is 0.592. The van der Waals surface area contributed by atoms with Crippen molar-refractivity contribution in [2.24, 2.45) is 0 Å². The second-order valence-electron chi connectivity index (χ2n) is 5.62. The minimum atomic E-state index is 0.785. The first-order valence-electron chi connectivity index (χ1n) is 7.58. The standard InChI is InChI=1S/C18H16N4OS/c1-10-7-11(2)21-18-14(10)15-16(24-18)17(20-9-19-15)22-12-5-4-6-13(8-12)23-3/h4-9H,1-3H3,(H,19,20,22). The highest BCUT2D eigenvalue weighted by molar-refractivity contribution is 7.26. The molecule has 5 nitrogen and oxygen atoms in total. The summed E-state index contributed by atoms with van der Waals surface area (Å²) in [7, 11) is 1.66. The number of nitrogens with zero attached hydrogens (tertiary/aromatic N) is 3. The molecule has 0 aliphatic carbocycles. The van der Waals surface area contributed by atoms with Crippen LogP contribution in [0.25, 0.3) is 20.4 Å². The fourth-order valence-corrected chi connectivity index (χ4v) is 4.03. The number of anilines is 2. The number of ether oxygens (including phenoxy) is 1. The Labute approximate surface area is 143 Å². The van der Waals surface area contributed by atoms with Crippen LogP contribution in [0.5, 0.6) is 5.75 Å². The minimum Gasteiger partial charge on any atom is -0.497 e. The Bertz CT molecular complexity index is 1060. The highest BCUT2D eigenvalue weighted by Gasteiger charge is 2.14. The number of hydrogen-bond donors (Lipinski definition) is 1. The van der Waals surface area contributed by atoms with E-state index in [-0.39, 0.29) is 0 Å². The molecule has 6 heteroatoms. The van der Waals surface area contributed by atoms with Gasteiger partial charge in [-0.3, -0.25) is 0 Å². The Morgan fingerprint density at radius 1 is 1.12 bits per heavy atom. The van der Waals surface area contributed by atoms with E-state index in [2.05, 4.69) is 33.3 Å². The number of methoxy groups -OCH3 is 1. The van der Waals surface area contributed by atoms with Crippen molar-refractivity contribution in [3.05, 3.63) is 47.9 Å². The van der Waals surface area contributed by atoms with Gasteiger partial charge in [-0.1, -0.05) is 6.07 Å². The molecule has 0 radical (unpaired) electrons. The van der Waals surface area contributed by atoms with Crippen molar-refractivity contribution in [1.82, 2.24) is 15.0 Å². The van der Waals surface area contributed by atoms with Gasteiger partial charge in [0, 0.05) is 22.8 Å². The number of thiophene rings is 1. The SMILES string of the molecule is COc1cccc(Nc2ncnc3c2sc2nc(C)cc(C)c23)c1. The van der Waals surface area contributed by atoms with Crippen LogP contribution in [0.3, 0.4) is 0 Å². The molecule has 0 amide bonds. The topological polar surface area (TPSA) is 59.9 Å². The van der Waals surface area contributed by atoms with Crippen LogP contribution < -0.4 is 10.1 Å². The monoisotopic (exact) mass is 336 g/mol. The maximum absolute atomic E-state index is 5.28. The van der Waals surface area contributed by atoms with E-state index in [4.69, 9.17) is 4.74 Å². The van der Waals surface area contributed by atoms with Crippen molar-refractivity contribution < 1.29 is 4.74 Å². The van der Waals surface area contributed by atoms with E-state index in [9.17, 15) is 0 Å². The predicted molar refractivity (Wildman–Crippen MR) is 98.5 cm³/mol. The molecule has 24 heavy (non-hydrogen) atoms. The number of aromatic nitrogens is 3. The van der Waals surface area contributed by atoms with Crippen molar-refractivity contribution in [2.75, 3.05) is 12.4 Å². The summed E-state index contributed by atoms with van der Waals surface area (Å²) in [5, 5.41) is 4.48. The Balaban J connectivity index is 1.88. The molecule has 120 valence electrons. The van der Waals surface area contributed by atoms with Gasteiger partial charge in [0.2, 0.25) is 0 Å². The smallest absolute Gasteiger partial charge is 0.151 e.